The van der Waals surface area contributed by atoms with Gasteiger partial charge in [0, 0.05) is 4.70 Å². The van der Waals surface area contributed by atoms with Crippen LogP contribution >= 0.6 is 33.9 Å². The monoisotopic (exact) mass is 437 g/mol. The van der Waals surface area contributed by atoms with Crippen molar-refractivity contribution in [2.75, 3.05) is 0 Å². The number of rotatable bonds is 1. The first-order chi connectivity index (χ1) is 11.0. The van der Waals surface area contributed by atoms with Gasteiger partial charge in [0.15, 0.2) is 5.65 Å². The van der Waals surface area contributed by atoms with E-state index in [1.54, 1.807) is 17.4 Å². The highest BCUT2D eigenvalue weighted by atomic mass is 127. The normalized spacial score (nSPS) is 11.7. The number of thiophene rings is 1. The predicted molar refractivity (Wildman–Crippen MR) is 101 cm³/mol. The fourth-order valence-electron chi connectivity index (χ4n) is 2.88. The van der Waals surface area contributed by atoms with Gasteiger partial charge in [0.05, 0.1) is 19.8 Å². The molecular formula is C17H13FIN3S. The molecule has 1 aromatic carbocycles. The van der Waals surface area contributed by atoms with Crippen molar-refractivity contribution < 1.29 is 4.39 Å². The number of aryl methyl sites for hydroxylation is 3. The molecule has 0 spiro atoms. The molecule has 3 aromatic heterocycles. The summed E-state index contributed by atoms with van der Waals surface area (Å²) < 4.78 is 17.7. The molecule has 0 aliphatic carbocycles. The molecule has 0 fully saturated rings. The Balaban J connectivity index is 2.10. The molecule has 23 heavy (non-hydrogen) atoms. The quantitative estimate of drug-likeness (QED) is 0.380. The first-order valence-corrected chi connectivity index (χ1v) is 9.06. The number of nitrogens with zero attached hydrogens (tertiary/aromatic N) is 3. The molecular weight excluding hydrogens is 424 g/mol. The van der Waals surface area contributed by atoms with E-state index in [0.29, 0.717) is 0 Å². The van der Waals surface area contributed by atoms with Crippen LogP contribution in [0.3, 0.4) is 0 Å². The Kier molecular flexibility index (Phi) is 3.42. The predicted octanol–water partition coefficient (Wildman–Crippen LogP) is 5.28. The first kappa shape index (κ1) is 15.0. The second-order valence-corrected chi connectivity index (χ2v) is 7.83. The number of imidazole rings is 1. The van der Waals surface area contributed by atoms with Gasteiger partial charge in [-0.15, -0.1) is 11.3 Å². The van der Waals surface area contributed by atoms with E-state index in [2.05, 4.69) is 32.7 Å². The fraction of sp³-hybridized carbons (Fsp3) is 0.176. The van der Waals surface area contributed by atoms with Crippen molar-refractivity contribution in [3.05, 3.63) is 50.6 Å². The Labute approximate surface area is 150 Å². The Hall–Kier alpha value is -1.54. The van der Waals surface area contributed by atoms with Crippen LogP contribution in [0.5, 0.6) is 0 Å². The molecule has 0 unspecified atom stereocenters. The number of hydrogen-bond donors (Lipinski definition) is 0. The SMILES string of the molecule is Cc1cc(I)c2nc(C)c(-c3sc4ccc(F)cc4c3C)n2n1. The number of hydrogen-bond acceptors (Lipinski definition) is 3. The van der Waals surface area contributed by atoms with Crippen molar-refractivity contribution in [3.8, 4) is 10.6 Å². The standard InChI is InChI=1S/C17H13FIN3S/c1-8-6-13(19)17-20-10(3)15(22(17)21-8)16-9(2)12-7-11(18)4-5-14(12)23-16/h4-7H,1-3H3. The second-order valence-electron chi connectivity index (χ2n) is 5.61. The van der Waals surface area contributed by atoms with Crippen molar-refractivity contribution in [2.45, 2.75) is 20.8 Å². The minimum atomic E-state index is -0.205. The average Bonchev–Trinajstić information content (AvgIpc) is 2.97. The Bertz CT molecular complexity index is 1080. The van der Waals surface area contributed by atoms with Crippen molar-refractivity contribution in [1.29, 1.82) is 0 Å². The average molecular weight is 437 g/mol. The summed E-state index contributed by atoms with van der Waals surface area (Å²) in [6, 6.07) is 6.98. The minimum absolute atomic E-state index is 0.205. The van der Waals surface area contributed by atoms with E-state index in [0.717, 1.165) is 46.8 Å². The third-order valence-corrected chi connectivity index (χ3v) is 6.02. The summed E-state index contributed by atoms with van der Waals surface area (Å²) in [5, 5.41) is 5.60. The van der Waals surface area contributed by atoms with Gasteiger partial charge in [-0.3, -0.25) is 0 Å². The van der Waals surface area contributed by atoms with Crippen LogP contribution in [0, 0.1) is 30.2 Å². The highest BCUT2D eigenvalue weighted by Gasteiger charge is 2.20. The van der Waals surface area contributed by atoms with E-state index in [1.807, 2.05) is 37.4 Å². The number of benzene rings is 1. The molecule has 0 N–H and O–H groups in total. The van der Waals surface area contributed by atoms with Crippen molar-refractivity contribution in [3.63, 3.8) is 0 Å². The summed E-state index contributed by atoms with van der Waals surface area (Å²) in [5.74, 6) is -0.205. The number of fused-ring (bicyclic) bond motifs is 2. The molecule has 4 rings (SSSR count). The highest BCUT2D eigenvalue weighted by molar-refractivity contribution is 14.1. The zero-order valence-electron chi connectivity index (χ0n) is 12.8. The van der Waals surface area contributed by atoms with Crippen molar-refractivity contribution >= 4 is 49.7 Å². The Morgan fingerprint density at radius 1 is 1.17 bits per heavy atom. The highest BCUT2D eigenvalue weighted by Crippen LogP contribution is 2.40. The zero-order chi connectivity index (χ0) is 16.3. The minimum Gasteiger partial charge on any atom is -0.231 e. The van der Waals surface area contributed by atoms with Crippen molar-refractivity contribution in [2.24, 2.45) is 0 Å². The first-order valence-electron chi connectivity index (χ1n) is 7.17. The summed E-state index contributed by atoms with van der Waals surface area (Å²) in [6.45, 7) is 6.01. The van der Waals surface area contributed by atoms with Gasteiger partial charge < -0.3 is 0 Å². The van der Waals surface area contributed by atoms with E-state index in [9.17, 15) is 4.39 Å². The van der Waals surface area contributed by atoms with Gasteiger partial charge in [0.2, 0.25) is 0 Å². The summed E-state index contributed by atoms with van der Waals surface area (Å²) in [6.07, 6.45) is 0. The lowest BCUT2D eigenvalue weighted by atomic mass is 10.1. The number of aromatic nitrogens is 3. The van der Waals surface area contributed by atoms with Gasteiger partial charge in [-0.25, -0.2) is 13.9 Å². The Morgan fingerprint density at radius 3 is 2.74 bits per heavy atom. The van der Waals surface area contributed by atoms with Crippen LogP contribution in [-0.4, -0.2) is 14.6 Å². The van der Waals surface area contributed by atoms with E-state index >= 15 is 0 Å². The molecule has 0 aliphatic heterocycles. The van der Waals surface area contributed by atoms with E-state index in [4.69, 9.17) is 0 Å². The van der Waals surface area contributed by atoms with Crippen LogP contribution < -0.4 is 0 Å². The van der Waals surface area contributed by atoms with Gasteiger partial charge in [-0.05, 0) is 78.6 Å². The fourth-order valence-corrected chi connectivity index (χ4v) is 4.96. The molecule has 0 amide bonds. The molecule has 0 aliphatic rings. The van der Waals surface area contributed by atoms with Crippen molar-refractivity contribution in [1.82, 2.24) is 14.6 Å². The third-order valence-electron chi connectivity index (χ3n) is 3.95. The molecule has 0 atom stereocenters. The van der Waals surface area contributed by atoms with Gasteiger partial charge in [-0.1, -0.05) is 0 Å². The maximum atomic E-state index is 13.6. The lowest BCUT2D eigenvalue weighted by molar-refractivity contribution is 0.630. The zero-order valence-corrected chi connectivity index (χ0v) is 15.8. The molecule has 3 heterocycles. The number of halogens is 2. The maximum absolute atomic E-state index is 13.6. The second kappa shape index (κ2) is 5.24. The molecule has 0 radical (unpaired) electrons. The van der Waals surface area contributed by atoms with Gasteiger partial charge in [-0.2, -0.15) is 5.10 Å². The van der Waals surface area contributed by atoms with Gasteiger partial charge in [0.25, 0.3) is 0 Å². The topological polar surface area (TPSA) is 30.2 Å². The van der Waals surface area contributed by atoms with E-state index in [1.165, 1.54) is 6.07 Å². The van der Waals surface area contributed by atoms with Crippen LogP contribution in [0.15, 0.2) is 24.3 Å². The van der Waals surface area contributed by atoms with E-state index in [-0.39, 0.29) is 5.82 Å². The molecule has 4 aromatic rings. The molecule has 0 bridgehead atoms. The van der Waals surface area contributed by atoms with Gasteiger partial charge in [0.1, 0.15) is 11.5 Å². The van der Waals surface area contributed by atoms with Gasteiger partial charge >= 0.3 is 0 Å². The van der Waals surface area contributed by atoms with Crippen LogP contribution in [0.4, 0.5) is 4.39 Å². The molecule has 0 saturated carbocycles. The van der Waals surface area contributed by atoms with E-state index < -0.39 is 0 Å². The van der Waals surface area contributed by atoms with Crippen LogP contribution in [0.25, 0.3) is 26.3 Å². The maximum Gasteiger partial charge on any atom is 0.167 e. The summed E-state index contributed by atoms with van der Waals surface area (Å²) >= 11 is 3.95. The largest absolute Gasteiger partial charge is 0.231 e. The smallest absolute Gasteiger partial charge is 0.167 e. The lowest BCUT2D eigenvalue weighted by Gasteiger charge is -2.03. The molecule has 116 valence electrons. The van der Waals surface area contributed by atoms with Crippen LogP contribution in [0.1, 0.15) is 17.0 Å². The summed E-state index contributed by atoms with van der Waals surface area (Å²) in [7, 11) is 0. The van der Waals surface area contributed by atoms with Crippen LogP contribution in [-0.2, 0) is 0 Å². The third kappa shape index (κ3) is 2.27. The van der Waals surface area contributed by atoms with Crippen LogP contribution in [0.2, 0.25) is 0 Å². The lowest BCUT2D eigenvalue weighted by Crippen LogP contribution is -1.98. The Morgan fingerprint density at radius 2 is 1.96 bits per heavy atom. The summed E-state index contributed by atoms with van der Waals surface area (Å²) in [5.41, 5.74) is 4.83. The molecule has 0 saturated heterocycles. The summed E-state index contributed by atoms with van der Waals surface area (Å²) in [4.78, 5) is 5.79. The molecule has 3 nitrogen and oxygen atoms in total. The molecule has 6 heteroatoms.